The Morgan fingerprint density at radius 2 is 2.38 bits per heavy atom. The smallest absolute Gasteiger partial charge is 0.0690 e. The number of piperidine rings is 1. The third-order valence-electron chi connectivity index (χ3n) is 1.79. The van der Waals surface area contributed by atoms with Crippen molar-refractivity contribution in [2.45, 2.75) is 19.4 Å². The zero-order chi connectivity index (χ0) is 5.98. The predicted octanol–water partition coefficient (Wildman–Crippen LogP) is -0.0233. The minimum absolute atomic E-state index is 0.108. The fourth-order valence-electron chi connectivity index (χ4n) is 0.973. The van der Waals surface area contributed by atoms with Crippen LogP contribution in [0, 0.1) is 5.92 Å². The number of hydrogen-bond acceptors (Lipinski definition) is 2. The molecule has 0 radical (unpaired) electrons. The number of aliphatic hydroxyl groups is 1. The van der Waals surface area contributed by atoms with Crippen molar-refractivity contribution in [1.82, 2.24) is 5.32 Å². The lowest BCUT2D eigenvalue weighted by Gasteiger charge is -2.24. The van der Waals surface area contributed by atoms with E-state index in [2.05, 4.69) is 12.2 Å². The van der Waals surface area contributed by atoms with Crippen LogP contribution in [0.25, 0.3) is 0 Å². The fraction of sp³-hybridized carbons (Fsp3) is 1.00. The Kier molecular flexibility index (Phi) is 1.86. The number of hydrogen-bond donors (Lipinski definition) is 2. The highest BCUT2D eigenvalue weighted by molar-refractivity contribution is 4.72. The number of nitrogens with one attached hydrogen (secondary N) is 1. The molecule has 2 N–H and O–H groups in total. The fourth-order valence-corrected chi connectivity index (χ4v) is 0.973. The van der Waals surface area contributed by atoms with E-state index in [1.807, 2.05) is 0 Å². The van der Waals surface area contributed by atoms with Gasteiger partial charge in [-0.25, -0.2) is 0 Å². The molecular weight excluding hydrogens is 102 g/mol. The molecule has 0 aliphatic carbocycles. The number of rotatable bonds is 0. The summed E-state index contributed by atoms with van der Waals surface area (Å²) in [7, 11) is 0. The molecule has 48 valence electrons. The molecule has 8 heavy (non-hydrogen) atoms. The molecular formula is C6H13NO. The van der Waals surface area contributed by atoms with Crippen molar-refractivity contribution in [3.05, 3.63) is 0 Å². The van der Waals surface area contributed by atoms with Crippen molar-refractivity contribution in [1.29, 1.82) is 0 Å². The Hall–Kier alpha value is -0.0800. The first kappa shape index (κ1) is 6.05. The van der Waals surface area contributed by atoms with E-state index in [0.717, 1.165) is 19.5 Å². The second kappa shape index (κ2) is 2.46. The summed E-state index contributed by atoms with van der Waals surface area (Å²) in [6, 6.07) is 0. The van der Waals surface area contributed by atoms with E-state index < -0.39 is 0 Å². The third-order valence-corrected chi connectivity index (χ3v) is 1.79. The van der Waals surface area contributed by atoms with E-state index >= 15 is 0 Å². The van der Waals surface area contributed by atoms with Gasteiger partial charge in [0.25, 0.3) is 0 Å². The van der Waals surface area contributed by atoms with Crippen LogP contribution in [-0.2, 0) is 0 Å². The average molecular weight is 115 g/mol. The Balaban J connectivity index is 2.28. The summed E-state index contributed by atoms with van der Waals surface area (Å²) in [6.07, 6.45) is 1.00. The van der Waals surface area contributed by atoms with Crippen LogP contribution in [0.2, 0.25) is 0 Å². The zero-order valence-electron chi connectivity index (χ0n) is 5.22. The summed E-state index contributed by atoms with van der Waals surface area (Å²) >= 11 is 0. The van der Waals surface area contributed by atoms with E-state index in [4.69, 9.17) is 5.11 Å². The first-order valence-corrected chi connectivity index (χ1v) is 3.19. The first-order chi connectivity index (χ1) is 3.80. The molecule has 1 fully saturated rings. The van der Waals surface area contributed by atoms with E-state index in [1.165, 1.54) is 0 Å². The minimum atomic E-state index is -0.108. The second-order valence-electron chi connectivity index (χ2n) is 2.54. The maximum absolute atomic E-state index is 9.12. The van der Waals surface area contributed by atoms with Crippen LogP contribution in [0.3, 0.4) is 0 Å². The van der Waals surface area contributed by atoms with Crippen LogP contribution in [0.1, 0.15) is 13.3 Å². The quantitative estimate of drug-likeness (QED) is 0.465. The van der Waals surface area contributed by atoms with Crippen molar-refractivity contribution in [2.24, 2.45) is 5.92 Å². The van der Waals surface area contributed by atoms with Crippen LogP contribution >= 0.6 is 0 Å². The molecule has 1 heterocycles. The van der Waals surface area contributed by atoms with E-state index in [-0.39, 0.29) is 6.10 Å². The van der Waals surface area contributed by atoms with Crippen molar-refractivity contribution in [3.63, 3.8) is 0 Å². The molecule has 2 atom stereocenters. The summed E-state index contributed by atoms with van der Waals surface area (Å²) in [4.78, 5) is 0. The molecule has 0 unspecified atom stereocenters. The summed E-state index contributed by atoms with van der Waals surface area (Å²) < 4.78 is 0. The highest BCUT2D eigenvalue weighted by Gasteiger charge is 2.16. The van der Waals surface area contributed by atoms with Gasteiger partial charge >= 0.3 is 0 Å². The lowest BCUT2D eigenvalue weighted by molar-refractivity contribution is 0.0915. The van der Waals surface area contributed by atoms with Crippen molar-refractivity contribution in [3.8, 4) is 0 Å². The van der Waals surface area contributed by atoms with Gasteiger partial charge < -0.3 is 10.4 Å². The van der Waals surface area contributed by atoms with E-state index in [1.54, 1.807) is 0 Å². The standard InChI is InChI=1S/C6H13NO/c1-5-2-3-7-4-6(5)8/h5-8H,2-4H2,1H3/t5-,6-/m1/s1. The Bertz CT molecular complexity index is 64.9. The van der Waals surface area contributed by atoms with Crippen LogP contribution in [-0.4, -0.2) is 24.3 Å². The van der Waals surface area contributed by atoms with Gasteiger partial charge in [-0.3, -0.25) is 0 Å². The maximum Gasteiger partial charge on any atom is 0.0690 e. The molecule has 0 aromatic heterocycles. The van der Waals surface area contributed by atoms with Gasteiger partial charge in [0, 0.05) is 6.54 Å². The molecule has 1 saturated heterocycles. The molecule has 0 aromatic carbocycles. The second-order valence-corrected chi connectivity index (χ2v) is 2.54. The van der Waals surface area contributed by atoms with Gasteiger partial charge in [0.1, 0.15) is 0 Å². The van der Waals surface area contributed by atoms with E-state index in [9.17, 15) is 0 Å². The Morgan fingerprint density at radius 1 is 1.62 bits per heavy atom. The van der Waals surface area contributed by atoms with Gasteiger partial charge in [-0.1, -0.05) is 6.92 Å². The van der Waals surface area contributed by atoms with Crippen LogP contribution in [0.15, 0.2) is 0 Å². The summed E-state index contributed by atoms with van der Waals surface area (Å²) in [6.45, 7) is 3.94. The highest BCUT2D eigenvalue weighted by Crippen LogP contribution is 2.09. The van der Waals surface area contributed by atoms with E-state index in [0.29, 0.717) is 5.92 Å². The minimum Gasteiger partial charge on any atom is -0.392 e. The predicted molar refractivity (Wildman–Crippen MR) is 32.7 cm³/mol. The SMILES string of the molecule is C[C@@H]1CCNC[C@H]1O. The van der Waals surface area contributed by atoms with Crippen LogP contribution < -0.4 is 5.32 Å². The topological polar surface area (TPSA) is 32.3 Å². The van der Waals surface area contributed by atoms with Gasteiger partial charge in [-0.15, -0.1) is 0 Å². The summed E-state index contributed by atoms with van der Waals surface area (Å²) in [5.41, 5.74) is 0. The molecule has 0 spiro atoms. The highest BCUT2D eigenvalue weighted by atomic mass is 16.3. The molecule has 1 rings (SSSR count). The third kappa shape index (κ3) is 1.20. The van der Waals surface area contributed by atoms with Gasteiger partial charge in [-0.05, 0) is 18.9 Å². The zero-order valence-corrected chi connectivity index (χ0v) is 5.22. The van der Waals surface area contributed by atoms with Gasteiger partial charge in [0.05, 0.1) is 6.10 Å². The van der Waals surface area contributed by atoms with Gasteiger partial charge in [-0.2, -0.15) is 0 Å². The lowest BCUT2D eigenvalue weighted by Crippen LogP contribution is -2.39. The summed E-state index contributed by atoms with van der Waals surface area (Å²) in [5, 5.41) is 12.2. The summed E-state index contributed by atoms with van der Waals surface area (Å²) in [5.74, 6) is 0.497. The molecule has 0 saturated carbocycles. The molecule has 0 aromatic rings. The van der Waals surface area contributed by atoms with Crippen molar-refractivity contribution < 1.29 is 5.11 Å². The molecule has 1 aliphatic heterocycles. The van der Waals surface area contributed by atoms with Crippen LogP contribution in [0.5, 0.6) is 0 Å². The van der Waals surface area contributed by atoms with Crippen LogP contribution in [0.4, 0.5) is 0 Å². The Labute approximate surface area is 49.9 Å². The largest absolute Gasteiger partial charge is 0.392 e. The molecule has 1 aliphatic rings. The first-order valence-electron chi connectivity index (χ1n) is 3.19. The normalized spacial score (nSPS) is 39.8. The molecule has 0 amide bonds. The molecule has 0 bridgehead atoms. The van der Waals surface area contributed by atoms with Gasteiger partial charge in [0.15, 0.2) is 0 Å². The number of aliphatic hydroxyl groups excluding tert-OH is 1. The average Bonchev–Trinajstić information content (AvgIpc) is 1.77. The number of β-amino-alcohol motifs (C(OH)–C–C–N with tert-alkyl or cyclic N) is 1. The lowest BCUT2D eigenvalue weighted by atomic mass is 9.98. The monoisotopic (exact) mass is 115 g/mol. The van der Waals surface area contributed by atoms with Crippen molar-refractivity contribution >= 4 is 0 Å². The molecule has 2 nitrogen and oxygen atoms in total. The Morgan fingerprint density at radius 3 is 2.75 bits per heavy atom. The molecule has 2 heteroatoms. The van der Waals surface area contributed by atoms with Crippen molar-refractivity contribution in [2.75, 3.05) is 13.1 Å². The van der Waals surface area contributed by atoms with Gasteiger partial charge in [0.2, 0.25) is 0 Å². The maximum atomic E-state index is 9.12.